The Hall–Kier alpha value is -1.35. The van der Waals surface area contributed by atoms with Crippen LogP contribution in [0.25, 0.3) is 0 Å². The summed E-state index contributed by atoms with van der Waals surface area (Å²) in [4.78, 5) is 1.58. The Balaban J connectivity index is 2.03. The summed E-state index contributed by atoms with van der Waals surface area (Å²) >= 11 is 0. The molecule has 0 spiro atoms. The van der Waals surface area contributed by atoms with Crippen LogP contribution in [0, 0.1) is 5.92 Å². The van der Waals surface area contributed by atoms with Crippen molar-refractivity contribution in [3.05, 3.63) is 35.9 Å². The smallest absolute Gasteiger partial charge is 0.103 e. The first-order valence-corrected chi connectivity index (χ1v) is 6.30. The molecule has 0 bridgehead atoms. The first-order chi connectivity index (χ1) is 8.20. The molecule has 0 aromatic heterocycles. The zero-order valence-electron chi connectivity index (χ0n) is 10.6. The molecule has 3 heteroatoms. The summed E-state index contributed by atoms with van der Waals surface area (Å²) in [6.07, 6.45) is 0.903. The highest BCUT2D eigenvalue weighted by atomic mass is 16.4. The van der Waals surface area contributed by atoms with Crippen molar-refractivity contribution in [2.45, 2.75) is 32.9 Å². The van der Waals surface area contributed by atoms with Crippen molar-refractivity contribution in [1.29, 1.82) is 0 Å². The molecule has 1 saturated heterocycles. The molecule has 1 aliphatic heterocycles. The molecule has 1 unspecified atom stereocenters. The van der Waals surface area contributed by atoms with E-state index in [0.29, 0.717) is 12.0 Å². The highest BCUT2D eigenvalue weighted by Crippen LogP contribution is 2.08. The second-order valence-electron chi connectivity index (χ2n) is 5.12. The van der Waals surface area contributed by atoms with E-state index in [0.717, 1.165) is 25.2 Å². The van der Waals surface area contributed by atoms with Gasteiger partial charge in [-0.05, 0) is 6.92 Å². The van der Waals surface area contributed by atoms with E-state index in [1.165, 1.54) is 5.56 Å². The molecule has 0 aliphatic carbocycles. The molecule has 1 aromatic carbocycles. The monoisotopic (exact) mass is 233 g/mol. The van der Waals surface area contributed by atoms with Crippen LogP contribution in [-0.2, 0) is 6.54 Å². The van der Waals surface area contributed by atoms with E-state index in [9.17, 15) is 0 Å². The van der Waals surface area contributed by atoms with Gasteiger partial charge in [0, 0.05) is 17.9 Å². The lowest BCUT2D eigenvalue weighted by Gasteiger charge is -2.34. The van der Waals surface area contributed by atoms with Crippen LogP contribution in [0.1, 0.15) is 25.8 Å². The first-order valence-electron chi connectivity index (χ1n) is 6.30. The van der Waals surface area contributed by atoms with E-state index >= 15 is 0 Å². The number of hydrogen-bond acceptors (Lipinski definition) is 2. The Bertz CT molecular complexity index is 388. The Kier molecular flexibility index (Phi) is 3.79. The number of hydrogen-bond donors (Lipinski definition) is 2. The molecule has 92 valence electrons. The van der Waals surface area contributed by atoms with Crippen molar-refractivity contribution in [2.75, 3.05) is 6.54 Å². The largest absolute Gasteiger partial charge is 0.411 e. The van der Waals surface area contributed by atoms with Gasteiger partial charge in [0.15, 0.2) is 0 Å². The zero-order chi connectivity index (χ0) is 12.3. The maximum atomic E-state index is 8.93. The van der Waals surface area contributed by atoms with Crippen LogP contribution >= 0.6 is 0 Å². The topological polar surface area (TPSA) is 37.0 Å². The molecule has 2 N–H and O–H groups in total. The lowest BCUT2D eigenvalue weighted by Crippen LogP contribution is -3.16. The minimum atomic E-state index is 0.384. The molecule has 1 aliphatic rings. The van der Waals surface area contributed by atoms with Gasteiger partial charge in [-0.1, -0.05) is 42.4 Å². The van der Waals surface area contributed by atoms with E-state index in [4.69, 9.17) is 5.21 Å². The molecular formula is C14H21N2O+. The fourth-order valence-electron chi connectivity index (χ4n) is 2.62. The van der Waals surface area contributed by atoms with Crippen molar-refractivity contribution < 1.29 is 10.1 Å². The van der Waals surface area contributed by atoms with E-state index in [-0.39, 0.29) is 0 Å². The molecule has 3 nitrogen and oxygen atoms in total. The highest BCUT2D eigenvalue weighted by Gasteiger charge is 2.31. The quantitative estimate of drug-likeness (QED) is 0.587. The third kappa shape index (κ3) is 2.86. The molecule has 0 saturated carbocycles. The number of quaternary nitrogens is 1. The summed E-state index contributed by atoms with van der Waals surface area (Å²) in [6, 6.07) is 11.1. The van der Waals surface area contributed by atoms with Gasteiger partial charge in [0.1, 0.15) is 6.54 Å². The fraction of sp³-hybridized carbons (Fsp3) is 0.500. The number of likely N-dealkylation sites (tertiary alicyclic amines) is 1. The standard InChI is InChI=1S/C14H20N2O/c1-11-9-16(12(2)8-14(11)15-17)10-13-6-4-3-5-7-13/h3-7,11-12,17H,8-10H2,1-2H3/p+1/b15-14+/t11-,12-/m0/s1. The predicted molar refractivity (Wildman–Crippen MR) is 68.4 cm³/mol. The lowest BCUT2D eigenvalue weighted by molar-refractivity contribution is -0.940. The number of piperidine rings is 1. The Labute approximate surface area is 103 Å². The van der Waals surface area contributed by atoms with Gasteiger partial charge in [0.2, 0.25) is 0 Å². The highest BCUT2D eigenvalue weighted by molar-refractivity contribution is 5.86. The second kappa shape index (κ2) is 5.32. The number of oxime groups is 1. The van der Waals surface area contributed by atoms with Crippen molar-refractivity contribution >= 4 is 5.71 Å². The lowest BCUT2D eigenvalue weighted by atomic mass is 9.92. The van der Waals surface area contributed by atoms with Crippen molar-refractivity contribution in [3.63, 3.8) is 0 Å². The summed E-state index contributed by atoms with van der Waals surface area (Å²) in [7, 11) is 0. The predicted octanol–water partition coefficient (Wildman–Crippen LogP) is 1.33. The first kappa shape index (κ1) is 12.1. The molecular weight excluding hydrogens is 212 g/mol. The molecule has 3 atom stereocenters. The summed E-state index contributed by atoms with van der Waals surface area (Å²) in [5.74, 6) is 0.384. The average Bonchev–Trinajstić information content (AvgIpc) is 2.34. The average molecular weight is 233 g/mol. The van der Waals surface area contributed by atoms with Crippen LogP contribution in [0.4, 0.5) is 0 Å². The summed E-state index contributed by atoms with van der Waals surface area (Å²) in [5.41, 5.74) is 2.33. The molecule has 2 rings (SSSR count). The fourth-order valence-corrected chi connectivity index (χ4v) is 2.62. The number of nitrogens with zero attached hydrogens (tertiary/aromatic N) is 1. The van der Waals surface area contributed by atoms with Gasteiger partial charge in [0.25, 0.3) is 0 Å². The van der Waals surface area contributed by atoms with E-state index in [1.807, 2.05) is 0 Å². The van der Waals surface area contributed by atoms with E-state index in [2.05, 4.69) is 49.3 Å². The maximum absolute atomic E-state index is 8.93. The van der Waals surface area contributed by atoms with Gasteiger partial charge in [-0.3, -0.25) is 0 Å². The van der Waals surface area contributed by atoms with Crippen LogP contribution in [-0.4, -0.2) is 23.5 Å². The van der Waals surface area contributed by atoms with Gasteiger partial charge < -0.3 is 10.1 Å². The Morgan fingerprint density at radius 3 is 2.65 bits per heavy atom. The third-order valence-electron chi connectivity index (χ3n) is 3.75. The zero-order valence-corrected chi connectivity index (χ0v) is 10.6. The van der Waals surface area contributed by atoms with Crippen molar-refractivity contribution in [1.82, 2.24) is 0 Å². The van der Waals surface area contributed by atoms with Gasteiger partial charge in [-0.25, -0.2) is 0 Å². The van der Waals surface area contributed by atoms with Gasteiger partial charge in [-0.2, -0.15) is 0 Å². The number of benzene rings is 1. The molecule has 17 heavy (non-hydrogen) atoms. The molecule has 0 radical (unpaired) electrons. The SMILES string of the molecule is C[C@H]1C[NH+](Cc2ccccc2)[C@@H](C)C/C1=N\O. The van der Waals surface area contributed by atoms with Gasteiger partial charge in [0.05, 0.1) is 18.3 Å². The van der Waals surface area contributed by atoms with Crippen LogP contribution in [0.3, 0.4) is 0 Å². The molecule has 1 aromatic rings. The van der Waals surface area contributed by atoms with Crippen molar-refractivity contribution in [2.24, 2.45) is 11.1 Å². The molecule has 0 amide bonds. The number of rotatable bonds is 2. The minimum absolute atomic E-state index is 0.384. The number of nitrogens with one attached hydrogen (secondary N) is 1. The van der Waals surface area contributed by atoms with Gasteiger partial charge >= 0.3 is 0 Å². The minimum Gasteiger partial charge on any atom is -0.411 e. The van der Waals surface area contributed by atoms with E-state index < -0.39 is 0 Å². The van der Waals surface area contributed by atoms with Crippen LogP contribution < -0.4 is 4.90 Å². The van der Waals surface area contributed by atoms with Crippen LogP contribution in [0.5, 0.6) is 0 Å². The summed E-state index contributed by atoms with van der Waals surface area (Å²) in [5, 5.41) is 12.4. The maximum Gasteiger partial charge on any atom is 0.103 e. The second-order valence-corrected chi connectivity index (χ2v) is 5.12. The third-order valence-corrected chi connectivity index (χ3v) is 3.75. The van der Waals surface area contributed by atoms with E-state index in [1.54, 1.807) is 4.90 Å². The van der Waals surface area contributed by atoms with Crippen LogP contribution in [0.2, 0.25) is 0 Å². The molecule has 1 fully saturated rings. The summed E-state index contributed by atoms with van der Waals surface area (Å²) < 4.78 is 0. The summed E-state index contributed by atoms with van der Waals surface area (Å²) in [6.45, 7) is 6.49. The Morgan fingerprint density at radius 1 is 1.29 bits per heavy atom. The van der Waals surface area contributed by atoms with Gasteiger partial charge in [-0.15, -0.1) is 0 Å². The van der Waals surface area contributed by atoms with Crippen molar-refractivity contribution in [3.8, 4) is 0 Å². The molecule has 1 heterocycles. The Morgan fingerprint density at radius 2 is 2.00 bits per heavy atom. The van der Waals surface area contributed by atoms with Crippen LogP contribution in [0.15, 0.2) is 35.5 Å². The normalized spacial score (nSPS) is 31.6.